The van der Waals surface area contributed by atoms with Gasteiger partial charge in [-0.2, -0.15) is 0 Å². The lowest BCUT2D eigenvalue weighted by Crippen LogP contribution is -2.49. The van der Waals surface area contributed by atoms with Gasteiger partial charge in [0.15, 0.2) is 0 Å². The molecule has 2 aromatic rings. The number of hydrogen-bond acceptors (Lipinski definition) is 4. The van der Waals surface area contributed by atoms with E-state index in [9.17, 15) is 4.79 Å². The van der Waals surface area contributed by atoms with Gasteiger partial charge >= 0.3 is 5.97 Å². The lowest BCUT2D eigenvalue weighted by molar-refractivity contribution is -0.147. The third-order valence-corrected chi connectivity index (χ3v) is 5.49. The summed E-state index contributed by atoms with van der Waals surface area (Å²) in [7, 11) is 0. The van der Waals surface area contributed by atoms with E-state index < -0.39 is 5.97 Å². The summed E-state index contributed by atoms with van der Waals surface area (Å²) >= 11 is 6.44. The van der Waals surface area contributed by atoms with Gasteiger partial charge in [-0.1, -0.05) is 42.8 Å². The third kappa shape index (κ3) is 4.72. The van der Waals surface area contributed by atoms with Gasteiger partial charge in [-0.3, -0.25) is 15.1 Å². The highest BCUT2D eigenvalue weighted by atomic mass is 35.5. The van der Waals surface area contributed by atoms with Crippen LogP contribution in [0.2, 0.25) is 5.02 Å². The van der Waals surface area contributed by atoms with Crippen molar-refractivity contribution < 1.29 is 14.6 Å². The molecule has 0 amide bonds. The molecule has 28 heavy (non-hydrogen) atoms. The van der Waals surface area contributed by atoms with Crippen molar-refractivity contribution in [2.24, 2.45) is 5.92 Å². The van der Waals surface area contributed by atoms with Crippen LogP contribution < -0.4 is 0 Å². The van der Waals surface area contributed by atoms with Crippen LogP contribution >= 0.6 is 11.6 Å². The molecule has 6 heteroatoms. The van der Waals surface area contributed by atoms with E-state index >= 15 is 0 Å². The molecular formula is C22H25ClN2O3. The Kier molecular flexibility index (Phi) is 6.37. The molecule has 1 atom stereocenters. The molecule has 1 aliphatic rings. The van der Waals surface area contributed by atoms with Crippen LogP contribution in [0.1, 0.15) is 42.2 Å². The molecule has 3 rings (SSSR count). The van der Waals surface area contributed by atoms with E-state index in [-0.39, 0.29) is 17.9 Å². The summed E-state index contributed by atoms with van der Waals surface area (Å²) in [4.78, 5) is 13.0. The Labute approximate surface area is 170 Å². The van der Waals surface area contributed by atoms with Gasteiger partial charge in [0, 0.05) is 30.2 Å². The van der Waals surface area contributed by atoms with E-state index in [4.69, 9.17) is 26.9 Å². The van der Waals surface area contributed by atoms with Crippen molar-refractivity contribution in [1.29, 1.82) is 5.41 Å². The minimum atomic E-state index is -0.740. The summed E-state index contributed by atoms with van der Waals surface area (Å²) in [5.74, 6) is -0.873. The Morgan fingerprint density at radius 2 is 2.07 bits per heavy atom. The number of nitrogens with one attached hydrogen (secondary N) is 1. The molecular weight excluding hydrogens is 376 g/mol. The van der Waals surface area contributed by atoms with Crippen molar-refractivity contribution in [2.45, 2.75) is 32.9 Å². The number of aryl methyl sites for hydroxylation is 1. The number of carboxylic acids is 1. The number of nitrogens with zero attached hydrogens (tertiary/aromatic N) is 1. The van der Waals surface area contributed by atoms with Crippen molar-refractivity contribution in [1.82, 2.24) is 4.90 Å². The molecule has 0 spiro atoms. The van der Waals surface area contributed by atoms with Gasteiger partial charge in [0.25, 0.3) is 0 Å². The second kappa shape index (κ2) is 8.76. The Balaban J connectivity index is 1.61. The number of aliphatic carboxylic acids is 1. The molecule has 5 nitrogen and oxygen atoms in total. The van der Waals surface area contributed by atoms with E-state index in [1.165, 1.54) is 5.56 Å². The summed E-state index contributed by atoms with van der Waals surface area (Å²) in [5.41, 5.74) is 3.80. The second-order valence-corrected chi connectivity index (χ2v) is 7.63. The van der Waals surface area contributed by atoms with Crippen LogP contribution in [0, 0.1) is 11.3 Å². The fraction of sp³-hybridized carbons (Fsp3) is 0.364. The third-order valence-electron chi connectivity index (χ3n) is 5.14. The lowest BCUT2D eigenvalue weighted by Gasteiger charge is -2.36. The minimum Gasteiger partial charge on any atom is -0.481 e. The molecule has 0 radical (unpaired) electrons. The summed E-state index contributed by atoms with van der Waals surface area (Å²) < 4.78 is 5.82. The summed E-state index contributed by atoms with van der Waals surface area (Å²) in [6.07, 6.45) is 0.613. The molecule has 1 unspecified atom stereocenters. The number of carbonyl (C=O) groups is 1. The first-order valence-electron chi connectivity index (χ1n) is 9.45. The average molecular weight is 401 g/mol. The highest BCUT2D eigenvalue weighted by Gasteiger charge is 2.32. The number of hydrogen-bond donors (Lipinski definition) is 2. The van der Waals surface area contributed by atoms with Crippen LogP contribution in [0.15, 0.2) is 42.5 Å². The molecule has 2 N–H and O–H groups in total. The van der Waals surface area contributed by atoms with E-state index in [0.717, 1.165) is 23.1 Å². The number of likely N-dealkylation sites (tertiary alicyclic amines) is 1. The molecule has 148 valence electrons. The standard InChI is InChI=1S/C22H25ClN2O3/c1-3-15-5-4-6-17(9-15)21(24)28-14(2)16-7-8-18(20(23)10-16)11-25-12-19(13-25)22(26)27/h4-10,14,19,24H,3,11-13H2,1-2H3,(H,26,27). The van der Waals surface area contributed by atoms with Crippen molar-refractivity contribution in [2.75, 3.05) is 13.1 Å². The first-order chi connectivity index (χ1) is 13.4. The van der Waals surface area contributed by atoms with Crippen LogP contribution in [-0.2, 0) is 22.5 Å². The van der Waals surface area contributed by atoms with Crippen LogP contribution in [0.25, 0.3) is 0 Å². The fourth-order valence-corrected chi connectivity index (χ4v) is 3.53. The second-order valence-electron chi connectivity index (χ2n) is 7.22. The van der Waals surface area contributed by atoms with Crippen molar-refractivity contribution >= 4 is 23.5 Å². The van der Waals surface area contributed by atoms with Gasteiger partial charge in [0.2, 0.25) is 5.90 Å². The Morgan fingerprint density at radius 3 is 2.71 bits per heavy atom. The topological polar surface area (TPSA) is 73.6 Å². The number of rotatable bonds is 7. The van der Waals surface area contributed by atoms with Crippen LogP contribution in [0.3, 0.4) is 0 Å². The molecule has 1 heterocycles. The van der Waals surface area contributed by atoms with Gasteiger partial charge in [-0.15, -0.1) is 0 Å². The van der Waals surface area contributed by atoms with Crippen LogP contribution in [-0.4, -0.2) is 35.0 Å². The van der Waals surface area contributed by atoms with Crippen LogP contribution in [0.4, 0.5) is 0 Å². The smallest absolute Gasteiger partial charge is 0.309 e. The summed E-state index contributed by atoms with van der Waals surface area (Å²) in [5, 5.41) is 17.8. The van der Waals surface area contributed by atoms with Gasteiger partial charge in [-0.05, 0) is 48.2 Å². The largest absolute Gasteiger partial charge is 0.481 e. The minimum absolute atomic E-state index is 0.142. The molecule has 1 aliphatic heterocycles. The van der Waals surface area contributed by atoms with Gasteiger partial charge < -0.3 is 9.84 Å². The monoisotopic (exact) mass is 400 g/mol. The summed E-state index contributed by atoms with van der Waals surface area (Å²) in [6, 6.07) is 13.6. The first-order valence-corrected chi connectivity index (χ1v) is 9.83. The molecule has 1 saturated heterocycles. The van der Waals surface area contributed by atoms with Gasteiger partial charge in [-0.25, -0.2) is 0 Å². The van der Waals surface area contributed by atoms with Crippen molar-refractivity contribution in [3.8, 4) is 0 Å². The SMILES string of the molecule is CCc1cccc(C(=N)OC(C)c2ccc(CN3CC(C(=O)O)C3)c(Cl)c2)c1. The molecule has 0 saturated carbocycles. The van der Waals surface area contributed by atoms with Gasteiger partial charge in [0.05, 0.1) is 5.92 Å². The van der Waals surface area contributed by atoms with E-state index in [1.54, 1.807) is 0 Å². The zero-order valence-corrected chi connectivity index (χ0v) is 16.9. The maximum absolute atomic E-state index is 10.9. The predicted octanol–water partition coefficient (Wildman–Crippen LogP) is 4.52. The molecule has 0 aliphatic carbocycles. The Bertz CT molecular complexity index is 878. The average Bonchev–Trinajstić information content (AvgIpc) is 2.64. The Hall–Kier alpha value is -2.37. The maximum Gasteiger partial charge on any atom is 0.309 e. The first kappa shape index (κ1) is 20.4. The van der Waals surface area contributed by atoms with E-state index in [1.807, 2.05) is 49.4 Å². The van der Waals surface area contributed by atoms with E-state index in [2.05, 4.69) is 11.8 Å². The number of benzene rings is 2. The fourth-order valence-electron chi connectivity index (χ4n) is 3.29. The maximum atomic E-state index is 10.9. The highest BCUT2D eigenvalue weighted by Crippen LogP contribution is 2.27. The number of ether oxygens (including phenoxy) is 1. The van der Waals surface area contributed by atoms with Crippen molar-refractivity contribution in [3.63, 3.8) is 0 Å². The normalized spacial score (nSPS) is 15.7. The Morgan fingerprint density at radius 1 is 1.32 bits per heavy atom. The molecule has 0 aromatic heterocycles. The van der Waals surface area contributed by atoms with E-state index in [0.29, 0.717) is 24.7 Å². The lowest BCUT2D eigenvalue weighted by atomic mass is 9.99. The number of carboxylic acid groups (broad SMARTS) is 1. The van der Waals surface area contributed by atoms with Gasteiger partial charge in [0.1, 0.15) is 6.10 Å². The molecule has 0 bridgehead atoms. The highest BCUT2D eigenvalue weighted by molar-refractivity contribution is 6.31. The molecule has 2 aromatic carbocycles. The zero-order valence-electron chi connectivity index (χ0n) is 16.1. The quantitative estimate of drug-likeness (QED) is 0.529. The zero-order chi connectivity index (χ0) is 20.3. The van der Waals surface area contributed by atoms with Crippen molar-refractivity contribution in [3.05, 3.63) is 69.7 Å². The summed E-state index contributed by atoms with van der Waals surface area (Å²) in [6.45, 7) is 5.73. The number of halogens is 1. The van der Waals surface area contributed by atoms with Crippen LogP contribution in [0.5, 0.6) is 0 Å². The molecule has 1 fully saturated rings. The predicted molar refractivity (Wildman–Crippen MR) is 110 cm³/mol.